The van der Waals surface area contributed by atoms with Crippen molar-refractivity contribution in [3.05, 3.63) is 36.1 Å². The number of carboxylic acid groups (broad SMARTS) is 1. The average molecular weight is 285 g/mol. The van der Waals surface area contributed by atoms with E-state index >= 15 is 0 Å². The zero-order valence-electron chi connectivity index (χ0n) is 11.9. The molecule has 1 aromatic carbocycles. The van der Waals surface area contributed by atoms with Crippen LogP contribution in [0.15, 0.2) is 34.9 Å². The minimum absolute atomic E-state index is 0.0315. The van der Waals surface area contributed by atoms with Crippen LogP contribution in [-0.4, -0.2) is 16.6 Å². The predicted molar refractivity (Wildman–Crippen MR) is 78.9 cm³/mol. The van der Waals surface area contributed by atoms with Crippen molar-refractivity contribution in [3.8, 4) is 0 Å². The first-order valence-corrected chi connectivity index (χ1v) is 7.56. The fourth-order valence-electron chi connectivity index (χ4n) is 4.15. The third-order valence-electron chi connectivity index (χ3n) is 5.48. The molecule has 0 unspecified atom stereocenters. The number of furan rings is 1. The van der Waals surface area contributed by atoms with Crippen LogP contribution in [-0.2, 0) is 11.3 Å². The summed E-state index contributed by atoms with van der Waals surface area (Å²) in [4.78, 5) is 11.5. The Kier molecular flexibility index (Phi) is 2.67. The molecule has 2 aromatic rings. The first-order chi connectivity index (χ1) is 10.1. The summed E-state index contributed by atoms with van der Waals surface area (Å²) in [6.45, 7) is 0.789. The molecule has 21 heavy (non-hydrogen) atoms. The van der Waals surface area contributed by atoms with Crippen molar-refractivity contribution in [1.29, 1.82) is 0 Å². The molecular formula is C17H19NO3. The Balaban J connectivity index is 1.49. The summed E-state index contributed by atoms with van der Waals surface area (Å²) >= 11 is 0. The van der Waals surface area contributed by atoms with Crippen molar-refractivity contribution in [3.63, 3.8) is 0 Å². The number of fused-ring (bicyclic) bond motifs is 3. The molecule has 2 N–H and O–H groups in total. The van der Waals surface area contributed by atoms with Crippen molar-refractivity contribution in [2.75, 3.05) is 0 Å². The van der Waals surface area contributed by atoms with Gasteiger partial charge in [-0.15, -0.1) is 0 Å². The van der Waals surface area contributed by atoms with E-state index in [1.165, 1.54) is 5.56 Å². The van der Waals surface area contributed by atoms with Gasteiger partial charge in [-0.1, -0.05) is 6.07 Å². The molecule has 0 amide bonds. The smallest absolute Gasteiger partial charge is 0.309 e. The number of carboxylic acids is 1. The molecule has 0 aliphatic heterocycles. The number of hydrogen-bond donors (Lipinski definition) is 2. The summed E-state index contributed by atoms with van der Waals surface area (Å²) in [5.74, 6) is -0.608. The maximum Gasteiger partial charge on any atom is 0.309 e. The second kappa shape index (κ2) is 4.34. The van der Waals surface area contributed by atoms with Crippen LogP contribution in [0.25, 0.3) is 11.0 Å². The minimum atomic E-state index is -0.608. The minimum Gasteiger partial charge on any atom is -0.481 e. The summed E-state index contributed by atoms with van der Waals surface area (Å²) in [6.07, 6.45) is 6.08. The monoisotopic (exact) mass is 285 g/mol. The molecule has 4 rings (SSSR count). The van der Waals surface area contributed by atoms with Crippen LogP contribution in [0.3, 0.4) is 0 Å². The van der Waals surface area contributed by atoms with Crippen molar-refractivity contribution >= 4 is 16.9 Å². The third kappa shape index (κ3) is 1.97. The van der Waals surface area contributed by atoms with Crippen molar-refractivity contribution < 1.29 is 14.3 Å². The Morgan fingerprint density at radius 3 is 2.76 bits per heavy atom. The van der Waals surface area contributed by atoms with Crippen molar-refractivity contribution in [1.82, 2.24) is 5.32 Å². The lowest BCUT2D eigenvalue weighted by molar-refractivity contribution is -0.148. The number of rotatable bonds is 4. The Morgan fingerprint density at radius 1 is 1.24 bits per heavy atom. The molecule has 0 atom stereocenters. The molecule has 2 saturated carbocycles. The Morgan fingerprint density at radius 2 is 2.05 bits per heavy atom. The van der Waals surface area contributed by atoms with Gasteiger partial charge in [0.2, 0.25) is 0 Å². The Bertz CT molecular complexity index is 695. The van der Waals surface area contributed by atoms with Gasteiger partial charge in [0, 0.05) is 17.5 Å². The summed E-state index contributed by atoms with van der Waals surface area (Å²) < 4.78 is 5.35. The molecule has 1 aromatic heterocycles. The van der Waals surface area contributed by atoms with E-state index in [4.69, 9.17) is 4.42 Å². The highest BCUT2D eigenvalue weighted by Gasteiger charge is 2.57. The average Bonchev–Trinajstić information content (AvgIpc) is 3.18. The maximum atomic E-state index is 11.5. The highest BCUT2D eigenvalue weighted by molar-refractivity contribution is 5.77. The fraction of sp³-hybridized carbons (Fsp3) is 0.471. The molecule has 2 bridgehead atoms. The van der Waals surface area contributed by atoms with Gasteiger partial charge in [-0.05, 0) is 55.9 Å². The van der Waals surface area contributed by atoms with E-state index in [1.807, 2.05) is 12.1 Å². The van der Waals surface area contributed by atoms with E-state index in [0.717, 1.165) is 49.6 Å². The highest BCUT2D eigenvalue weighted by atomic mass is 16.4. The molecule has 1 heterocycles. The van der Waals surface area contributed by atoms with Crippen molar-refractivity contribution in [2.45, 2.75) is 44.2 Å². The van der Waals surface area contributed by atoms with E-state index in [9.17, 15) is 9.90 Å². The van der Waals surface area contributed by atoms with Gasteiger partial charge in [0.05, 0.1) is 11.7 Å². The molecular weight excluding hydrogens is 266 g/mol. The molecule has 2 fully saturated rings. The van der Waals surface area contributed by atoms with E-state index in [2.05, 4.69) is 17.4 Å². The molecule has 2 aliphatic carbocycles. The summed E-state index contributed by atoms with van der Waals surface area (Å²) in [7, 11) is 0. The SMILES string of the molecule is O=C(O)C12CCC(NCc3ccc4occc4c3)(CC1)C2. The zero-order valence-corrected chi connectivity index (χ0v) is 11.9. The van der Waals surface area contributed by atoms with Crippen LogP contribution in [0.5, 0.6) is 0 Å². The number of aliphatic carboxylic acids is 1. The number of carbonyl (C=O) groups is 1. The van der Waals surface area contributed by atoms with E-state index in [1.54, 1.807) is 6.26 Å². The van der Waals surface area contributed by atoms with Crippen LogP contribution >= 0.6 is 0 Å². The maximum absolute atomic E-state index is 11.5. The molecule has 2 aliphatic rings. The predicted octanol–water partition coefficient (Wildman–Crippen LogP) is 3.31. The highest BCUT2D eigenvalue weighted by Crippen LogP contribution is 2.56. The van der Waals surface area contributed by atoms with Gasteiger partial charge in [-0.3, -0.25) is 4.79 Å². The van der Waals surface area contributed by atoms with E-state index in [-0.39, 0.29) is 5.54 Å². The first-order valence-electron chi connectivity index (χ1n) is 7.56. The summed E-state index contributed by atoms with van der Waals surface area (Å²) in [6, 6.07) is 8.17. The lowest BCUT2D eigenvalue weighted by Gasteiger charge is -2.28. The first kappa shape index (κ1) is 12.9. The van der Waals surface area contributed by atoms with Gasteiger partial charge in [-0.2, -0.15) is 0 Å². The van der Waals surface area contributed by atoms with Crippen LogP contribution in [0, 0.1) is 5.41 Å². The quantitative estimate of drug-likeness (QED) is 0.904. The van der Waals surface area contributed by atoms with Gasteiger partial charge >= 0.3 is 5.97 Å². The van der Waals surface area contributed by atoms with Crippen LogP contribution in [0.2, 0.25) is 0 Å². The molecule has 0 radical (unpaired) electrons. The standard InChI is InChI=1S/C17H19NO3/c19-15(20)16-4-6-17(11-16,7-5-16)18-10-12-1-2-14-13(9-12)3-8-21-14/h1-3,8-9,18H,4-7,10-11H2,(H,19,20). The van der Waals surface area contributed by atoms with Gasteiger partial charge in [0.25, 0.3) is 0 Å². The topological polar surface area (TPSA) is 62.5 Å². The molecule has 4 nitrogen and oxygen atoms in total. The van der Waals surface area contributed by atoms with E-state index < -0.39 is 11.4 Å². The Hall–Kier alpha value is -1.81. The molecule has 0 spiro atoms. The van der Waals surface area contributed by atoms with E-state index in [0.29, 0.717) is 0 Å². The van der Waals surface area contributed by atoms with Crippen LogP contribution in [0.1, 0.15) is 37.7 Å². The molecule has 110 valence electrons. The van der Waals surface area contributed by atoms with Gasteiger partial charge in [0.15, 0.2) is 0 Å². The second-order valence-corrected chi connectivity index (χ2v) is 6.69. The number of hydrogen-bond acceptors (Lipinski definition) is 3. The fourth-order valence-corrected chi connectivity index (χ4v) is 4.15. The summed E-state index contributed by atoms with van der Waals surface area (Å²) in [5, 5.41) is 14.2. The number of nitrogens with one attached hydrogen (secondary N) is 1. The normalized spacial score (nSPS) is 31.0. The zero-order chi connectivity index (χ0) is 14.5. The molecule has 0 saturated heterocycles. The lowest BCUT2D eigenvalue weighted by Crippen LogP contribution is -2.40. The second-order valence-electron chi connectivity index (χ2n) is 6.69. The third-order valence-corrected chi connectivity index (χ3v) is 5.48. The van der Waals surface area contributed by atoms with Gasteiger partial charge in [-0.25, -0.2) is 0 Å². The number of benzene rings is 1. The van der Waals surface area contributed by atoms with Gasteiger partial charge < -0.3 is 14.8 Å². The molecule has 4 heteroatoms. The lowest BCUT2D eigenvalue weighted by atomic mass is 9.84. The van der Waals surface area contributed by atoms with Crippen molar-refractivity contribution in [2.24, 2.45) is 5.41 Å². The largest absolute Gasteiger partial charge is 0.481 e. The summed E-state index contributed by atoms with van der Waals surface area (Å²) in [5.41, 5.74) is 1.70. The Labute approximate surface area is 123 Å². The van der Waals surface area contributed by atoms with Crippen LogP contribution in [0.4, 0.5) is 0 Å². The van der Waals surface area contributed by atoms with Crippen LogP contribution < -0.4 is 5.32 Å². The van der Waals surface area contributed by atoms with Gasteiger partial charge in [0.1, 0.15) is 5.58 Å².